The Morgan fingerprint density at radius 3 is 2.39 bits per heavy atom. The minimum atomic E-state index is -1.34. The number of amides is 2. The van der Waals surface area contributed by atoms with Crippen LogP contribution >= 0.6 is 0 Å². The number of piperazine rings is 1. The van der Waals surface area contributed by atoms with E-state index in [1.165, 1.54) is 6.07 Å². The van der Waals surface area contributed by atoms with E-state index in [0.717, 1.165) is 55.5 Å². The van der Waals surface area contributed by atoms with Gasteiger partial charge in [-0.1, -0.05) is 19.6 Å². The molecule has 5 fully saturated rings. The minimum absolute atomic E-state index is 0.0391. The monoisotopic (exact) mass is 857 g/mol. The maximum Gasteiger partial charge on any atom is 0.410 e. The Morgan fingerprint density at radius 2 is 1.74 bits per heavy atom. The minimum Gasteiger partial charge on any atom is -0.505 e. The summed E-state index contributed by atoms with van der Waals surface area (Å²) in [5.74, 6) is 0.350. The van der Waals surface area contributed by atoms with Crippen molar-refractivity contribution in [1.29, 1.82) is 0 Å². The zero-order valence-corrected chi connectivity index (χ0v) is 37.6. The predicted molar refractivity (Wildman–Crippen MR) is 233 cm³/mol. The quantitative estimate of drug-likeness (QED) is 0.161. The first kappa shape index (κ1) is 41.6. The fraction of sp³-hybridized carbons (Fsp3) is 0.622. The lowest BCUT2D eigenvalue weighted by Gasteiger charge is -2.36. The summed E-state index contributed by atoms with van der Waals surface area (Å²) in [6.45, 7) is 17.1. The topological polar surface area (TPSA) is 145 Å². The van der Waals surface area contributed by atoms with E-state index in [-0.39, 0.29) is 60.1 Å². The van der Waals surface area contributed by atoms with Crippen molar-refractivity contribution in [2.75, 3.05) is 44.3 Å². The van der Waals surface area contributed by atoms with Gasteiger partial charge in [0.05, 0.1) is 30.4 Å². The van der Waals surface area contributed by atoms with Gasteiger partial charge in [-0.2, -0.15) is 15.1 Å². The van der Waals surface area contributed by atoms with Crippen LogP contribution in [0.25, 0.3) is 32.9 Å². The Morgan fingerprint density at radius 1 is 0.967 bits per heavy atom. The number of piperidine rings is 1. The number of halogens is 1. The summed E-state index contributed by atoms with van der Waals surface area (Å²) < 4.78 is 42.0. The second-order valence-corrected chi connectivity index (χ2v) is 25.6. The molecule has 0 radical (unpaired) electrons. The molecule has 2 aromatic heterocycles. The highest BCUT2D eigenvalue weighted by molar-refractivity contribution is 6.76. The molecule has 1 saturated carbocycles. The highest BCUT2D eigenvalue weighted by Crippen LogP contribution is 2.53. The van der Waals surface area contributed by atoms with Crippen LogP contribution in [0.1, 0.15) is 95.4 Å². The summed E-state index contributed by atoms with van der Waals surface area (Å²) in [4.78, 5) is 42.0. The fourth-order valence-corrected chi connectivity index (χ4v) is 10.2. The number of benzene rings is 2. The van der Waals surface area contributed by atoms with Crippen molar-refractivity contribution in [3.63, 3.8) is 0 Å². The SMILES string of the molecule is Cc1c(F)cc2c(cnn2C2CCCCO2)c1-c1c(C2CC2)cc2c(N3C[C@@H]4C[C@H]3CN4C(=O)OC(C)(C)C)nc(OC3CCN(C(=O)OCC[Si](C)(C)C)CC3)nc2c1O. The van der Waals surface area contributed by atoms with Crippen LogP contribution in [-0.2, 0) is 14.2 Å². The van der Waals surface area contributed by atoms with Gasteiger partial charge in [-0.3, -0.25) is 0 Å². The van der Waals surface area contributed by atoms with Gasteiger partial charge in [0.15, 0.2) is 6.23 Å². The number of carbonyl (C=O) groups is 2. The number of fused-ring (bicyclic) bond motifs is 4. The Hall–Kier alpha value is -4.70. The van der Waals surface area contributed by atoms with E-state index in [1.54, 1.807) is 22.7 Å². The van der Waals surface area contributed by atoms with Crippen LogP contribution < -0.4 is 9.64 Å². The number of hydrogen-bond acceptors (Lipinski definition) is 11. The number of anilines is 1. The number of phenolic OH excluding ortho intramolecular Hbond substituents is 1. The third-order valence-corrected chi connectivity index (χ3v) is 14.6. The molecule has 6 heterocycles. The van der Waals surface area contributed by atoms with Crippen molar-refractivity contribution in [1.82, 2.24) is 29.5 Å². The van der Waals surface area contributed by atoms with Gasteiger partial charge in [-0.15, -0.1) is 0 Å². The van der Waals surface area contributed by atoms with Crippen molar-refractivity contribution in [2.45, 2.75) is 141 Å². The fourth-order valence-electron chi connectivity index (χ4n) is 9.52. The molecule has 3 atom stereocenters. The van der Waals surface area contributed by atoms with E-state index in [0.29, 0.717) is 91.2 Å². The average molecular weight is 858 g/mol. The summed E-state index contributed by atoms with van der Waals surface area (Å²) in [6.07, 6.45) is 7.09. The maximum atomic E-state index is 16.2. The van der Waals surface area contributed by atoms with Gasteiger partial charge in [0.1, 0.15) is 34.6 Å². The van der Waals surface area contributed by atoms with Crippen LogP contribution in [0.4, 0.5) is 19.8 Å². The Balaban J connectivity index is 1.09. The highest BCUT2D eigenvalue weighted by atomic mass is 28.3. The molecule has 4 aliphatic heterocycles. The summed E-state index contributed by atoms with van der Waals surface area (Å²) in [7, 11) is -1.34. The van der Waals surface area contributed by atoms with Gasteiger partial charge in [-0.05, 0) is 95.4 Å². The van der Waals surface area contributed by atoms with Gasteiger partial charge < -0.3 is 38.8 Å². The van der Waals surface area contributed by atoms with Gasteiger partial charge in [-0.25, -0.2) is 18.7 Å². The molecule has 2 aromatic carbocycles. The Bertz CT molecular complexity index is 2340. The van der Waals surface area contributed by atoms with Crippen LogP contribution in [0.2, 0.25) is 25.7 Å². The number of nitrogens with zero attached hydrogens (tertiary/aromatic N) is 7. The molecule has 1 N–H and O–H groups in total. The van der Waals surface area contributed by atoms with Crippen molar-refractivity contribution in [2.24, 2.45) is 0 Å². The molecular formula is C45H60FN7O7Si. The average Bonchev–Trinajstić information content (AvgIpc) is 3.65. The lowest BCUT2D eigenvalue weighted by atomic mass is 9.88. The molecule has 2 bridgehead atoms. The molecule has 2 amide bonds. The summed E-state index contributed by atoms with van der Waals surface area (Å²) in [5.41, 5.74) is 2.81. The van der Waals surface area contributed by atoms with Crippen LogP contribution in [0.5, 0.6) is 11.8 Å². The largest absolute Gasteiger partial charge is 0.505 e. The predicted octanol–water partition coefficient (Wildman–Crippen LogP) is 8.89. The number of phenols is 1. The highest BCUT2D eigenvalue weighted by Gasteiger charge is 2.48. The third-order valence-electron chi connectivity index (χ3n) is 12.9. The second-order valence-electron chi connectivity index (χ2n) is 19.9. The van der Waals surface area contributed by atoms with E-state index in [2.05, 4.69) is 30.6 Å². The lowest BCUT2D eigenvalue weighted by molar-refractivity contribution is -0.0367. The van der Waals surface area contributed by atoms with Crippen molar-refractivity contribution in [3.8, 4) is 22.9 Å². The molecule has 1 unspecified atom stereocenters. The zero-order chi connectivity index (χ0) is 43.0. The van der Waals surface area contributed by atoms with Crippen LogP contribution in [0, 0.1) is 12.7 Å². The molecule has 9 rings (SSSR count). The second kappa shape index (κ2) is 15.9. The first-order valence-electron chi connectivity index (χ1n) is 22.2. The van der Waals surface area contributed by atoms with E-state index in [9.17, 15) is 14.7 Å². The molecule has 61 heavy (non-hydrogen) atoms. The van der Waals surface area contributed by atoms with Gasteiger partial charge in [0, 0.05) is 81.7 Å². The molecule has 4 aromatic rings. The number of hydrogen-bond donors (Lipinski definition) is 1. The smallest absolute Gasteiger partial charge is 0.410 e. The van der Waals surface area contributed by atoms with Gasteiger partial charge in [0.25, 0.3) is 0 Å². The normalized spacial score (nSPS) is 22.4. The standard InChI is InChI=1S/C45H60FN7O7Si/c1-26-34(46)22-35-33(23-47-53(35)36-10-8-9-17-57-36)37(26)38-31(27-11-12-27)21-32-39(40(38)54)48-42(59-30-13-15-50(16-14-30)43(55)58-18-19-61(5,6)7)49-41(32)51-24-29-20-28(51)25-52(29)44(56)60-45(2,3)4/h21-23,27-30,36,54H,8-20,24-25H2,1-7H3/t28-,29-,36?/m0/s1. The third kappa shape index (κ3) is 8.33. The summed E-state index contributed by atoms with van der Waals surface area (Å²) in [6, 6.07) is 4.54. The molecule has 4 saturated heterocycles. The molecule has 5 aliphatic rings. The molecule has 16 heteroatoms. The summed E-state index contributed by atoms with van der Waals surface area (Å²) in [5, 5.41) is 18.9. The molecular weight excluding hydrogens is 798 g/mol. The zero-order valence-electron chi connectivity index (χ0n) is 36.6. The van der Waals surface area contributed by atoms with E-state index >= 15 is 4.39 Å². The van der Waals surface area contributed by atoms with Crippen LogP contribution in [0.15, 0.2) is 18.3 Å². The molecule has 0 spiro atoms. The van der Waals surface area contributed by atoms with Gasteiger partial charge >= 0.3 is 18.2 Å². The van der Waals surface area contributed by atoms with Gasteiger partial charge in [0.2, 0.25) is 0 Å². The number of aromatic hydroxyl groups is 1. The lowest BCUT2D eigenvalue weighted by Crippen LogP contribution is -2.50. The molecule has 14 nitrogen and oxygen atoms in total. The molecule has 1 aliphatic carbocycles. The van der Waals surface area contributed by atoms with E-state index in [4.69, 9.17) is 34.0 Å². The Labute approximate surface area is 357 Å². The van der Waals surface area contributed by atoms with E-state index < -0.39 is 13.7 Å². The number of likely N-dealkylation sites (tertiary alicyclic amines) is 2. The van der Waals surface area contributed by atoms with Crippen molar-refractivity contribution < 1.29 is 38.0 Å². The number of rotatable bonds is 9. The van der Waals surface area contributed by atoms with Crippen LogP contribution in [-0.4, -0.2) is 118 Å². The summed E-state index contributed by atoms with van der Waals surface area (Å²) >= 11 is 0. The first-order valence-corrected chi connectivity index (χ1v) is 25.9. The first-order chi connectivity index (χ1) is 29.0. The van der Waals surface area contributed by atoms with Crippen molar-refractivity contribution in [3.05, 3.63) is 35.3 Å². The van der Waals surface area contributed by atoms with Crippen molar-refractivity contribution >= 4 is 47.9 Å². The van der Waals surface area contributed by atoms with E-state index in [1.807, 2.05) is 25.7 Å². The maximum absolute atomic E-state index is 16.2. The Kier molecular flexibility index (Phi) is 10.8. The number of aromatic nitrogens is 4. The van der Waals surface area contributed by atoms with Crippen LogP contribution in [0.3, 0.4) is 0 Å². The number of ether oxygens (including phenoxy) is 4. The number of carbonyl (C=O) groups excluding carboxylic acids is 2. The molecule has 328 valence electrons.